The van der Waals surface area contributed by atoms with E-state index in [0.29, 0.717) is 31.1 Å². The molecular formula is C13H20N4O3S. The summed E-state index contributed by atoms with van der Waals surface area (Å²) in [6, 6.07) is -0.511. The minimum Gasteiger partial charge on any atom is -0.480 e. The summed E-state index contributed by atoms with van der Waals surface area (Å²) in [4.78, 5) is 27.7. The molecular weight excluding hydrogens is 292 g/mol. The molecule has 1 atom stereocenters. The molecule has 21 heavy (non-hydrogen) atoms. The second-order valence-electron chi connectivity index (χ2n) is 5.14. The van der Waals surface area contributed by atoms with E-state index in [1.165, 1.54) is 0 Å². The van der Waals surface area contributed by atoms with Crippen molar-refractivity contribution in [3.05, 3.63) is 10.6 Å². The molecule has 0 radical (unpaired) electrons. The number of amides is 1. The number of aryl methyl sites for hydroxylation is 1. The van der Waals surface area contributed by atoms with Crippen molar-refractivity contribution in [3.8, 4) is 0 Å². The summed E-state index contributed by atoms with van der Waals surface area (Å²) < 4.78 is 3.88. The largest absolute Gasteiger partial charge is 0.480 e. The molecule has 8 heteroatoms. The molecule has 1 amide bonds. The zero-order chi connectivity index (χ0) is 15.4. The number of piperazine rings is 1. The second kappa shape index (κ2) is 6.95. The van der Waals surface area contributed by atoms with Crippen molar-refractivity contribution in [1.82, 2.24) is 19.4 Å². The van der Waals surface area contributed by atoms with Gasteiger partial charge in [0.25, 0.3) is 5.91 Å². The number of rotatable bonds is 5. The topological polar surface area (TPSA) is 86.6 Å². The van der Waals surface area contributed by atoms with Gasteiger partial charge < -0.3 is 10.0 Å². The van der Waals surface area contributed by atoms with E-state index in [0.717, 1.165) is 30.1 Å². The number of hydrogen-bond acceptors (Lipinski definition) is 6. The molecule has 2 heterocycles. The summed E-state index contributed by atoms with van der Waals surface area (Å²) in [6.45, 7) is 5.95. The maximum Gasteiger partial charge on any atom is 0.320 e. The van der Waals surface area contributed by atoms with Crippen LogP contribution in [-0.2, 0) is 11.2 Å². The number of carboxylic acids is 1. The Morgan fingerprint density at radius 3 is 2.57 bits per heavy atom. The molecule has 1 aromatic heterocycles. The summed E-state index contributed by atoms with van der Waals surface area (Å²) >= 11 is 1.14. The standard InChI is InChI=1S/C13H20N4O3S/c1-3-4-10-11(21-15-14-10)12(18)17-7-5-16(6-8-17)9(2)13(19)20/h9H,3-8H2,1-2H3,(H,19,20). The van der Waals surface area contributed by atoms with Gasteiger partial charge in [0.15, 0.2) is 0 Å². The zero-order valence-corrected chi connectivity index (χ0v) is 13.1. The van der Waals surface area contributed by atoms with Crippen LogP contribution in [0.5, 0.6) is 0 Å². The van der Waals surface area contributed by atoms with E-state index in [4.69, 9.17) is 5.11 Å². The van der Waals surface area contributed by atoms with Gasteiger partial charge in [-0.3, -0.25) is 14.5 Å². The molecule has 116 valence electrons. The van der Waals surface area contributed by atoms with Crippen LogP contribution < -0.4 is 0 Å². The average molecular weight is 312 g/mol. The van der Waals surface area contributed by atoms with Gasteiger partial charge in [-0.2, -0.15) is 0 Å². The van der Waals surface area contributed by atoms with Crippen LogP contribution in [-0.4, -0.2) is 68.6 Å². The second-order valence-corrected chi connectivity index (χ2v) is 5.90. The van der Waals surface area contributed by atoms with E-state index in [1.54, 1.807) is 11.8 Å². The van der Waals surface area contributed by atoms with Gasteiger partial charge in [-0.1, -0.05) is 17.8 Å². The van der Waals surface area contributed by atoms with E-state index in [2.05, 4.69) is 9.59 Å². The molecule has 7 nitrogen and oxygen atoms in total. The van der Waals surface area contributed by atoms with Gasteiger partial charge >= 0.3 is 5.97 Å². The predicted octanol–water partition coefficient (Wildman–Crippen LogP) is 0.722. The van der Waals surface area contributed by atoms with Gasteiger partial charge in [0.2, 0.25) is 0 Å². The van der Waals surface area contributed by atoms with Crippen molar-refractivity contribution < 1.29 is 14.7 Å². The molecule has 0 aliphatic carbocycles. The Labute approximate surface area is 127 Å². The van der Waals surface area contributed by atoms with Crippen molar-refractivity contribution in [2.75, 3.05) is 26.2 Å². The number of aromatic nitrogens is 2. The Hall–Kier alpha value is -1.54. The maximum atomic E-state index is 12.5. The molecule has 0 saturated carbocycles. The van der Waals surface area contributed by atoms with E-state index < -0.39 is 12.0 Å². The van der Waals surface area contributed by atoms with Gasteiger partial charge in [-0.05, 0) is 24.9 Å². The lowest BCUT2D eigenvalue weighted by Gasteiger charge is -2.36. The van der Waals surface area contributed by atoms with Gasteiger partial charge in [0.1, 0.15) is 10.9 Å². The minimum atomic E-state index is -0.827. The molecule has 2 rings (SSSR count). The van der Waals surface area contributed by atoms with Gasteiger partial charge in [-0.15, -0.1) is 5.10 Å². The number of hydrogen-bond donors (Lipinski definition) is 1. The average Bonchev–Trinajstić information content (AvgIpc) is 2.94. The van der Waals surface area contributed by atoms with Crippen LogP contribution in [0.1, 0.15) is 35.6 Å². The first kappa shape index (κ1) is 15.8. The molecule has 0 bridgehead atoms. The first-order chi connectivity index (χ1) is 10.0. The molecule has 1 aliphatic heterocycles. The Balaban J connectivity index is 1.97. The van der Waals surface area contributed by atoms with Gasteiger partial charge in [0.05, 0.1) is 5.69 Å². The van der Waals surface area contributed by atoms with Crippen LogP contribution in [0.3, 0.4) is 0 Å². The fourth-order valence-electron chi connectivity index (χ4n) is 2.38. The van der Waals surface area contributed by atoms with Crippen LogP contribution >= 0.6 is 11.5 Å². The van der Waals surface area contributed by atoms with Gasteiger partial charge in [-0.25, -0.2) is 0 Å². The van der Waals surface area contributed by atoms with Crippen molar-refractivity contribution in [1.29, 1.82) is 0 Å². The normalized spacial score (nSPS) is 17.7. The monoisotopic (exact) mass is 312 g/mol. The quantitative estimate of drug-likeness (QED) is 0.862. The number of carbonyl (C=O) groups is 2. The summed E-state index contributed by atoms with van der Waals surface area (Å²) in [5.41, 5.74) is 0.772. The third-order valence-electron chi connectivity index (χ3n) is 3.74. The van der Waals surface area contributed by atoms with E-state index in [-0.39, 0.29) is 5.91 Å². The van der Waals surface area contributed by atoms with Crippen LogP contribution in [0.25, 0.3) is 0 Å². The summed E-state index contributed by atoms with van der Waals surface area (Å²) in [6.07, 6.45) is 1.68. The lowest BCUT2D eigenvalue weighted by atomic mass is 10.2. The molecule has 1 saturated heterocycles. The maximum absolute atomic E-state index is 12.5. The highest BCUT2D eigenvalue weighted by molar-refractivity contribution is 7.08. The molecule has 1 unspecified atom stereocenters. The molecule has 0 aromatic carbocycles. The summed E-state index contributed by atoms with van der Waals surface area (Å²) in [5.74, 6) is -0.859. The molecule has 1 N–H and O–H groups in total. The Bertz CT molecular complexity index is 511. The molecule has 0 spiro atoms. The van der Waals surface area contributed by atoms with Crippen LogP contribution in [0.4, 0.5) is 0 Å². The summed E-state index contributed by atoms with van der Waals surface area (Å²) in [5, 5.41) is 13.0. The van der Waals surface area contributed by atoms with Crippen molar-refractivity contribution in [2.24, 2.45) is 0 Å². The SMILES string of the molecule is CCCc1nnsc1C(=O)N1CCN(C(C)C(=O)O)CC1. The third-order valence-corrected chi connectivity index (χ3v) is 4.50. The highest BCUT2D eigenvalue weighted by Crippen LogP contribution is 2.17. The van der Waals surface area contributed by atoms with Crippen molar-refractivity contribution in [2.45, 2.75) is 32.7 Å². The number of carbonyl (C=O) groups excluding carboxylic acids is 1. The van der Waals surface area contributed by atoms with E-state index in [9.17, 15) is 9.59 Å². The van der Waals surface area contributed by atoms with Crippen LogP contribution in [0.15, 0.2) is 0 Å². The number of carboxylic acid groups (broad SMARTS) is 1. The lowest BCUT2D eigenvalue weighted by Crippen LogP contribution is -2.53. The third kappa shape index (κ3) is 3.56. The number of aliphatic carboxylic acids is 1. The Kier molecular flexibility index (Phi) is 5.24. The zero-order valence-electron chi connectivity index (χ0n) is 12.3. The molecule has 1 fully saturated rings. The fraction of sp³-hybridized carbons (Fsp3) is 0.692. The summed E-state index contributed by atoms with van der Waals surface area (Å²) in [7, 11) is 0. The predicted molar refractivity (Wildman–Crippen MR) is 78.5 cm³/mol. The number of nitrogens with zero attached hydrogens (tertiary/aromatic N) is 4. The first-order valence-corrected chi connectivity index (χ1v) is 7.89. The highest BCUT2D eigenvalue weighted by Gasteiger charge is 2.29. The minimum absolute atomic E-state index is 0.0314. The van der Waals surface area contributed by atoms with Crippen LogP contribution in [0.2, 0.25) is 0 Å². The van der Waals surface area contributed by atoms with E-state index >= 15 is 0 Å². The lowest BCUT2D eigenvalue weighted by molar-refractivity contribution is -0.143. The highest BCUT2D eigenvalue weighted by atomic mass is 32.1. The fourth-order valence-corrected chi connectivity index (χ4v) is 3.06. The molecule has 1 aliphatic rings. The van der Waals surface area contributed by atoms with Crippen molar-refractivity contribution in [3.63, 3.8) is 0 Å². The molecule has 1 aromatic rings. The van der Waals surface area contributed by atoms with E-state index in [1.807, 2.05) is 11.8 Å². The smallest absolute Gasteiger partial charge is 0.320 e. The first-order valence-electron chi connectivity index (χ1n) is 7.12. The van der Waals surface area contributed by atoms with Crippen molar-refractivity contribution >= 4 is 23.4 Å². The van der Waals surface area contributed by atoms with Crippen LogP contribution in [0, 0.1) is 0 Å². The Morgan fingerprint density at radius 1 is 1.33 bits per heavy atom. The Morgan fingerprint density at radius 2 is 2.00 bits per heavy atom. The van der Waals surface area contributed by atoms with Gasteiger partial charge in [0, 0.05) is 26.2 Å².